The van der Waals surface area contributed by atoms with E-state index in [0.717, 1.165) is 10.4 Å². The second-order valence-corrected chi connectivity index (χ2v) is 6.86. The van der Waals surface area contributed by atoms with E-state index in [0.29, 0.717) is 11.8 Å². The Morgan fingerprint density at radius 3 is 2.53 bits per heavy atom. The zero-order valence-corrected chi connectivity index (χ0v) is 16.9. The molecule has 12 heteroatoms. The first-order valence-electron chi connectivity index (χ1n) is 9.11. The van der Waals surface area contributed by atoms with Gasteiger partial charge < -0.3 is 10.1 Å². The molecule has 1 amide bonds. The van der Waals surface area contributed by atoms with Crippen LogP contribution in [0.1, 0.15) is 5.69 Å². The lowest BCUT2D eigenvalue weighted by molar-refractivity contribution is -0.141. The van der Waals surface area contributed by atoms with Gasteiger partial charge in [0.25, 0.3) is 5.91 Å². The molecule has 1 N–H and O–H groups in total. The predicted molar refractivity (Wildman–Crippen MR) is 109 cm³/mol. The highest BCUT2D eigenvalue weighted by molar-refractivity contribution is 6.32. The summed E-state index contributed by atoms with van der Waals surface area (Å²) < 4.78 is 47.3. The van der Waals surface area contributed by atoms with Crippen LogP contribution in [0.2, 0.25) is 5.02 Å². The summed E-state index contributed by atoms with van der Waals surface area (Å²) in [5.74, 6) is -0.846. The van der Waals surface area contributed by atoms with Gasteiger partial charge >= 0.3 is 6.18 Å². The maximum atomic E-state index is 13.2. The molecule has 164 valence electrons. The molecule has 0 fully saturated rings. The van der Waals surface area contributed by atoms with Crippen LogP contribution in [0, 0.1) is 0 Å². The van der Waals surface area contributed by atoms with Crippen molar-refractivity contribution >= 4 is 23.2 Å². The highest BCUT2D eigenvalue weighted by atomic mass is 35.5. The van der Waals surface area contributed by atoms with E-state index >= 15 is 0 Å². The summed E-state index contributed by atoms with van der Waals surface area (Å²) in [6.45, 7) is -0.543. The number of anilines is 1. The molecule has 0 aliphatic heterocycles. The Morgan fingerprint density at radius 2 is 1.88 bits per heavy atom. The number of carbonyl (C=O) groups excluding carboxylic acids is 1. The molecule has 0 unspecified atom stereocenters. The first-order chi connectivity index (χ1) is 15.3. The monoisotopic (exact) mass is 462 g/mol. The molecule has 0 bridgehead atoms. The molecule has 0 spiro atoms. The zero-order valence-electron chi connectivity index (χ0n) is 16.1. The number of benzene rings is 2. The topological polar surface area (TPSA) is 86.9 Å². The van der Waals surface area contributed by atoms with Gasteiger partial charge in [-0.3, -0.25) is 4.79 Å². The standard InChI is InChI=1S/C20H14ClF3N6O2/c21-15-3-1-2-4-16(15)30-19(9-17(28-30)20(22,23)24)32-10-18(31)27-13-5-7-14(8-6-13)29-12-25-11-26-29/h1-9,11-12H,10H2,(H,27,31). The molecule has 4 aromatic rings. The smallest absolute Gasteiger partial charge is 0.435 e. The minimum Gasteiger partial charge on any atom is -0.467 e. The number of amides is 1. The number of ether oxygens (including phenoxy) is 1. The molecule has 2 aromatic carbocycles. The largest absolute Gasteiger partial charge is 0.467 e. The van der Waals surface area contributed by atoms with Gasteiger partial charge in [0.05, 0.1) is 16.4 Å². The van der Waals surface area contributed by atoms with Crippen LogP contribution < -0.4 is 10.1 Å². The zero-order chi connectivity index (χ0) is 22.7. The summed E-state index contributed by atoms with van der Waals surface area (Å²) in [6.07, 6.45) is -1.78. The van der Waals surface area contributed by atoms with Gasteiger partial charge in [-0.15, -0.1) is 0 Å². The Kier molecular flexibility index (Phi) is 5.82. The molecule has 0 saturated carbocycles. The molecule has 2 heterocycles. The molecule has 0 radical (unpaired) electrons. The van der Waals surface area contributed by atoms with Gasteiger partial charge in [-0.2, -0.15) is 28.1 Å². The van der Waals surface area contributed by atoms with Crippen molar-refractivity contribution < 1.29 is 22.7 Å². The quantitative estimate of drug-likeness (QED) is 0.465. The number of para-hydroxylation sites is 1. The maximum Gasteiger partial charge on any atom is 0.435 e. The number of nitrogens with one attached hydrogen (secondary N) is 1. The number of hydrogen-bond donors (Lipinski definition) is 1. The Hall–Kier alpha value is -3.86. The number of alkyl halides is 3. The highest BCUT2D eigenvalue weighted by Crippen LogP contribution is 2.33. The lowest BCUT2D eigenvalue weighted by Crippen LogP contribution is -2.21. The van der Waals surface area contributed by atoms with Crippen LogP contribution in [-0.2, 0) is 11.0 Å². The normalized spacial score (nSPS) is 11.4. The van der Waals surface area contributed by atoms with Crippen LogP contribution in [0.5, 0.6) is 5.88 Å². The number of hydrogen-bond acceptors (Lipinski definition) is 5. The van der Waals surface area contributed by atoms with Crippen molar-refractivity contribution in [1.29, 1.82) is 0 Å². The fourth-order valence-electron chi connectivity index (χ4n) is 2.78. The Balaban J connectivity index is 1.47. The third-order valence-electron chi connectivity index (χ3n) is 4.23. The van der Waals surface area contributed by atoms with Crippen LogP contribution in [0.15, 0.2) is 67.3 Å². The fourth-order valence-corrected chi connectivity index (χ4v) is 2.99. The Bertz CT molecular complexity index is 1220. The second kappa shape index (κ2) is 8.71. The summed E-state index contributed by atoms with van der Waals surface area (Å²) in [4.78, 5) is 16.1. The summed E-state index contributed by atoms with van der Waals surface area (Å²) in [6, 6.07) is 13.6. The molecule has 32 heavy (non-hydrogen) atoms. The number of rotatable bonds is 6. The number of carbonyl (C=O) groups is 1. The van der Waals surface area contributed by atoms with Crippen molar-refractivity contribution in [3.8, 4) is 17.3 Å². The first kappa shape index (κ1) is 21.4. The summed E-state index contributed by atoms with van der Waals surface area (Å²) in [5, 5.41) is 10.3. The van der Waals surface area contributed by atoms with E-state index in [1.807, 2.05) is 0 Å². The number of nitrogens with zero attached hydrogens (tertiary/aromatic N) is 5. The molecule has 0 aliphatic rings. The lowest BCUT2D eigenvalue weighted by Gasteiger charge is -2.11. The Morgan fingerprint density at radius 1 is 1.12 bits per heavy atom. The minimum absolute atomic E-state index is 0.172. The van der Waals surface area contributed by atoms with Gasteiger partial charge in [-0.1, -0.05) is 23.7 Å². The van der Waals surface area contributed by atoms with E-state index in [-0.39, 0.29) is 16.6 Å². The second-order valence-electron chi connectivity index (χ2n) is 6.45. The minimum atomic E-state index is -4.70. The number of aromatic nitrogens is 5. The van der Waals surface area contributed by atoms with Crippen LogP contribution in [-0.4, -0.2) is 37.1 Å². The molecule has 0 saturated heterocycles. The first-order valence-corrected chi connectivity index (χ1v) is 9.49. The van der Waals surface area contributed by atoms with Crippen LogP contribution >= 0.6 is 11.6 Å². The van der Waals surface area contributed by atoms with Crippen molar-refractivity contribution in [2.45, 2.75) is 6.18 Å². The van der Waals surface area contributed by atoms with Crippen LogP contribution in [0.4, 0.5) is 18.9 Å². The average molecular weight is 463 g/mol. The van der Waals surface area contributed by atoms with Crippen molar-refractivity contribution in [1.82, 2.24) is 24.5 Å². The van der Waals surface area contributed by atoms with E-state index in [1.165, 1.54) is 24.8 Å². The predicted octanol–water partition coefficient (Wildman–Crippen LogP) is 4.14. The van der Waals surface area contributed by atoms with Gasteiger partial charge in [-0.25, -0.2) is 9.67 Å². The SMILES string of the molecule is O=C(COc1cc(C(F)(F)F)nn1-c1ccccc1Cl)Nc1ccc(-n2cncn2)cc1. The summed E-state index contributed by atoms with van der Waals surface area (Å²) in [5.41, 5.74) is 0.221. The van der Waals surface area contributed by atoms with E-state index in [9.17, 15) is 18.0 Å². The Labute approximate surface area is 184 Å². The third kappa shape index (κ3) is 4.72. The van der Waals surface area contributed by atoms with E-state index in [2.05, 4.69) is 20.5 Å². The van der Waals surface area contributed by atoms with Crippen molar-refractivity contribution in [2.24, 2.45) is 0 Å². The lowest BCUT2D eigenvalue weighted by atomic mass is 10.3. The van der Waals surface area contributed by atoms with Gasteiger partial charge in [-0.05, 0) is 36.4 Å². The van der Waals surface area contributed by atoms with Gasteiger partial charge in [0.2, 0.25) is 5.88 Å². The molecule has 2 aromatic heterocycles. The van der Waals surface area contributed by atoms with E-state index < -0.39 is 24.4 Å². The van der Waals surface area contributed by atoms with Crippen molar-refractivity contribution in [2.75, 3.05) is 11.9 Å². The summed E-state index contributed by atoms with van der Waals surface area (Å²) in [7, 11) is 0. The van der Waals surface area contributed by atoms with Crippen LogP contribution in [0.25, 0.3) is 11.4 Å². The highest BCUT2D eigenvalue weighted by Gasteiger charge is 2.36. The molecule has 8 nitrogen and oxygen atoms in total. The van der Waals surface area contributed by atoms with Gasteiger partial charge in [0, 0.05) is 11.8 Å². The molecule has 4 rings (SSSR count). The molecule has 0 atom stereocenters. The molecular weight excluding hydrogens is 449 g/mol. The van der Waals surface area contributed by atoms with Crippen LogP contribution in [0.3, 0.4) is 0 Å². The van der Waals surface area contributed by atoms with E-state index in [4.69, 9.17) is 16.3 Å². The fraction of sp³-hybridized carbons (Fsp3) is 0.100. The van der Waals surface area contributed by atoms with Crippen molar-refractivity contribution in [3.05, 3.63) is 78.0 Å². The van der Waals surface area contributed by atoms with E-state index in [1.54, 1.807) is 41.1 Å². The average Bonchev–Trinajstić information content (AvgIpc) is 3.43. The van der Waals surface area contributed by atoms with Gasteiger partial charge in [0.15, 0.2) is 12.3 Å². The van der Waals surface area contributed by atoms with Gasteiger partial charge in [0.1, 0.15) is 12.7 Å². The molecule has 0 aliphatic carbocycles. The van der Waals surface area contributed by atoms with Crippen molar-refractivity contribution in [3.63, 3.8) is 0 Å². The maximum absolute atomic E-state index is 13.2. The number of halogens is 4. The summed E-state index contributed by atoms with van der Waals surface area (Å²) >= 11 is 6.09. The third-order valence-corrected chi connectivity index (χ3v) is 4.55. The molecular formula is C20H14ClF3N6O2.